The topological polar surface area (TPSA) is 142 Å². The van der Waals surface area contributed by atoms with Gasteiger partial charge in [0.25, 0.3) is 5.91 Å². The minimum absolute atomic E-state index is 0.172. The van der Waals surface area contributed by atoms with Crippen LogP contribution in [-0.2, 0) is 19.0 Å². The Morgan fingerprint density at radius 2 is 1.78 bits per heavy atom. The monoisotopic (exact) mass is 513 g/mol. The maximum Gasteiger partial charge on any atom is 0.320 e. The summed E-state index contributed by atoms with van der Waals surface area (Å²) in [6.45, 7) is 2.36. The van der Waals surface area contributed by atoms with E-state index in [9.17, 15) is 9.59 Å². The Balaban J connectivity index is 1.26. The van der Waals surface area contributed by atoms with E-state index in [2.05, 4.69) is 30.9 Å². The van der Waals surface area contributed by atoms with E-state index in [1.807, 2.05) is 6.92 Å². The Morgan fingerprint density at radius 3 is 2.57 bits per heavy atom. The van der Waals surface area contributed by atoms with E-state index in [4.69, 9.17) is 14.2 Å². The van der Waals surface area contributed by atoms with Gasteiger partial charge in [0, 0.05) is 25.4 Å². The minimum Gasteiger partial charge on any atom is -0.354 e. The highest BCUT2D eigenvalue weighted by Crippen LogP contribution is 2.49. The summed E-state index contributed by atoms with van der Waals surface area (Å²) in [5.74, 6) is -0.591. The molecule has 0 aromatic carbocycles. The molecule has 1 unspecified atom stereocenters. The molecule has 6 rings (SSSR count). The molecule has 2 aliphatic carbocycles. The summed E-state index contributed by atoms with van der Waals surface area (Å²) in [6.07, 6.45) is 10.7. The Labute approximate surface area is 215 Å². The lowest BCUT2D eigenvalue weighted by Gasteiger charge is -2.34. The number of carbonyl (C=O) groups excluding carboxylic acids is 2. The second-order valence-electron chi connectivity index (χ2n) is 10.5. The number of nitrogens with one attached hydrogen (secondary N) is 3. The fraction of sp³-hybridized carbons (Fsp3) is 0.720. The fourth-order valence-electron chi connectivity index (χ4n) is 6.16. The van der Waals surface area contributed by atoms with Gasteiger partial charge >= 0.3 is 6.03 Å². The average molecular weight is 514 g/mol. The zero-order valence-electron chi connectivity index (χ0n) is 21.1. The van der Waals surface area contributed by atoms with E-state index < -0.39 is 30.3 Å². The van der Waals surface area contributed by atoms with Gasteiger partial charge in [-0.25, -0.2) is 19.7 Å². The van der Waals surface area contributed by atoms with Crippen LogP contribution < -0.4 is 16.0 Å². The number of rotatable bonds is 5. The number of anilines is 1. The van der Waals surface area contributed by atoms with Crippen LogP contribution >= 0.6 is 0 Å². The average Bonchev–Trinajstić information content (AvgIpc) is 3.57. The molecule has 2 aromatic heterocycles. The predicted molar refractivity (Wildman–Crippen MR) is 133 cm³/mol. The molecular weight excluding hydrogens is 478 g/mol. The smallest absolute Gasteiger partial charge is 0.320 e. The van der Waals surface area contributed by atoms with Gasteiger partial charge in [-0.1, -0.05) is 25.7 Å². The van der Waals surface area contributed by atoms with Crippen molar-refractivity contribution < 1.29 is 23.8 Å². The predicted octanol–water partition coefficient (Wildman–Crippen LogP) is 2.76. The van der Waals surface area contributed by atoms with Crippen molar-refractivity contribution in [2.45, 2.75) is 108 Å². The first-order valence-corrected chi connectivity index (χ1v) is 13.6. The molecule has 3 N–H and O–H groups in total. The van der Waals surface area contributed by atoms with Gasteiger partial charge in [0.05, 0.1) is 6.33 Å². The van der Waals surface area contributed by atoms with E-state index >= 15 is 0 Å². The molecule has 2 aliphatic heterocycles. The quantitative estimate of drug-likeness (QED) is 0.554. The zero-order chi connectivity index (χ0) is 25.4. The highest BCUT2D eigenvalue weighted by atomic mass is 16.8. The van der Waals surface area contributed by atoms with Gasteiger partial charge in [0.15, 0.2) is 35.1 Å². The molecule has 37 heavy (non-hydrogen) atoms. The van der Waals surface area contributed by atoms with Crippen molar-refractivity contribution in [3.63, 3.8) is 0 Å². The number of hydrogen-bond acceptors (Lipinski definition) is 8. The Bertz CT molecular complexity index is 1140. The van der Waals surface area contributed by atoms with Crippen LogP contribution in [0.4, 0.5) is 10.6 Å². The van der Waals surface area contributed by atoms with Crippen molar-refractivity contribution in [1.82, 2.24) is 30.2 Å². The summed E-state index contributed by atoms with van der Waals surface area (Å²) < 4.78 is 21.0. The zero-order valence-corrected chi connectivity index (χ0v) is 21.1. The summed E-state index contributed by atoms with van der Waals surface area (Å²) in [7, 11) is 0. The number of amides is 3. The molecule has 2 saturated carbocycles. The first-order chi connectivity index (χ1) is 18.1. The molecule has 12 heteroatoms. The van der Waals surface area contributed by atoms with Crippen molar-refractivity contribution in [2.24, 2.45) is 0 Å². The van der Waals surface area contributed by atoms with Gasteiger partial charge in [-0.05, 0) is 32.6 Å². The maximum absolute atomic E-state index is 12.9. The van der Waals surface area contributed by atoms with Crippen LogP contribution in [0.25, 0.3) is 11.2 Å². The third-order valence-corrected chi connectivity index (χ3v) is 7.92. The maximum atomic E-state index is 12.9. The second kappa shape index (κ2) is 10.1. The van der Waals surface area contributed by atoms with Gasteiger partial charge in [0.2, 0.25) is 0 Å². The fourth-order valence-corrected chi connectivity index (χ4v) is 6.16. The van der Waals surface area contributed by atoms with Crippen LogP contribution in [0.2, 0.25) is 0 Å². The molecule has 1 spiro atoms. The van der Waals surface area contributed by atoms with E-state index in [0.717, 1.165) is 57.8 Å². The molecule has 0 radical (unpaired) electrons. The molecular formula is C25H35N7O5. The first kappa shape index (κ1) is 24.5. The van der Waals surface area contributed by atoms with Gasteiger partial charge in [-0.15, -0.1) is 0 Å². The van der Waals surface area contributed by atoms with Crippen molar-refractivity contribution in [2.75, 3.05) is 11.9 Å². The molecule has 3 amide bonds. The number of carbonyl (C=O) groups is 2. The van der Waals surface area contributed by atoms with Crippen molar-refractivity contribution in [1.29, 1.82) is 0 Å². The molecule has 4 heterocycles. The number of hydrogen-bond donors (Lipinski definition) is 3. The van der Waals surface area contributed by atoms with Crippen molar-refractivity contribution >= 4 is 28.9 Å². The Kier molecular flexibility index (Phi) is 6.72. The molecule has 2 saturated heterocycles. The number of likely N-dealkylation sites (N-methyl/N-ethyl adjacent to an activating group) is 1. The number of aromatic nitrogens is 4. The van der Waals surface area contributed by atoms with E-state index in [0.29, 0.717) is 23.5 Å². The molecule has 2 aromatic rings. The molecule has 4 aliphatic rings. The van der Waals surface area contributed by atoms with Crippen LogP contribution in [0.15, 0.2) is 12.7 Å². The van der Waals surface area contributed by atoms with Gasteiger partial charge in [-0.2, -0.15) is 0 Å². The molecule has 12 nitrogen and oxygen atoms in total. The largest absolute Gasteiger partial charge is 0.354 e. The van der Waals surface area contributed by atoms with Crippen LogP contribution in [-0.4, -0.2) is 68.1 Å². The summed E-state index contributed by atoms with van der Waals surface area (Å²) in [5.41, 5.74) is 0.922. The number of ether oxygens (including phenoxy) is 3. The number of urea groups is 1. The van der Waals surface area contributed by atoms with Crippen LogP contribution in [0.3, 0.4) is 0 Å². The number of fused-ring (bicyclic) bond motifs is 2. The Morgan fingerprint density at radius 1 is 1.03 bits per heavy atom. The summed E-state index contributed by atoms with van der Waals surface area (Å²) in [6, 6.07) is -0.132. The minimum atomic E-state index is -0.811. The highest BCUT2D eigenvalue weighted by molar-refractivity contribution is 5.96. The second-order valence-corrected chi connectivity index (χ2v) is 10.5. The van der Waals surface area contributed by atoms with Gasteiger partial charge in [-0.3, -0.25) is 14.7 Å². The summed E-state index contributed by atoms with van der Waals surface area (Å²) in [4.78, 5) is 38.8. The van der Waals surface area contributed by atoms with Crippen molar-refractivity contribution in [3.05, 3.63) is 12.7 Å². The van der Waals surface area contributed by atoms with Crippen LogP contribution in [0.5, 0.6) is 0 Å². The summed E-state index contributed by atoms with van der Waals surface area (Å²) >= 11 is 0. The standard InChI is InChI=1S/C25H35N7O5/c1-2-26-22(33)18-17-19(37-25(36-17)11-7-4-8-12-25)23(35-18)32-14-29-16-20(27-13-28-21(16)32)31-24(34)30-15-9-5-3-6-10-15/h13-15,17-19,23H,2-12H2,1H3,(H,26,33)(H2,27,28,30,31,34)/t17?,18-,19-,23+/m0/s1. The third-order valence-electron chi connectivity index (χ3n) is 7.92. The van der Waals surface area contributed by atoms with E-state index in [1.54, 1.807) is 10.9 Å². The molecule has 200 valence electrons. The highest BCUT2D eigenvalue weighted by Gasteiger charge is 2.60. The third kappa shape index (κ3) is 4.66. The lowest BCUT2D eigenvalue weighted by atomic mass is 9.94. The molecule has 0 bridgehead atoms. The first-order valence-electron chi connectivity index (χ1n) is 13.6. The lowest BCUT2D eigenvalue weighted by molar-refractivity contribution is -0.229. The van der Waals surface area contributed by atoms with Gasteiger partial charge < -0.3 is 24.8 Å². The normalized spacial score (nSPS) is 29.3. The van der Waals surface area contributed by atoms with Crippen molar-refractivity contribution in [3.8, 4) is 0 Å². The number of nitrogens with zero attached hydrogens (tertiary/aromatic N) is 4. The summed E-state index contributed by atoms with van der Waals surface area (Å²) in [5, 5.41) is 8.73. The SMILES string of the molecule is CCNC(=O)[C@H]1O[C@@H](n2cnc3c(NC(=O)NC4CCCCC4)ncnc32)[C@H]2OC3(CCCCC3)OC12. The number of imidazole rings is 1. The lowest BCUT2D eigenvalue weighted by Crippen LogP contribution is -2.43. The Hall–Kier alpha value is -2.83. The van der Waals surface area contributed by atoms with E-state index in [1.165, 1.54) is 12.7 Å². The van der Waals surface area contributed by atoms with Crippen LogP contribution in [0, 0.1) is 0 Å². The molecule has 4 atom stereocenters. The van der Waals surface area contributed by atoms with Gasteiger partial charge in [0.1, 0.15) is 18.5 Å². The molecule has 4 fully saturated rings. The van der Waals surface area contributed by atoms with E-state index in [-0.39, 0.29) is 18.0 Å². The van der Waals surface area contributed by atoms with Crippen LogP contribution in [0.1, 0.15) is 77.4 Å².